The van der Waals surface area contributed by atoms with Crippen LogP contribution in [0.15, 0.2) is 28.7 Å². The molecular weight excluding hydrogens is 243 g/mol. The Bertz CT molecular complexity index is 506. The highest BCUT2D eigenvalue weighted by atomic mass is 32.2. The van der Waals surface area contributed by atoms with Crippen LogP contribution < -0.4 is 0 Å². The number of sulfonamides is 1. The molecule has 1 rings (SSSR count). The van der Waals surface area contributed by atoms with Gasteiger partial charge < -0.3 is 0 Å². The van der Waals surface area contributed by atoms with Crippen molar-refractivity contribution in [1.29, 1.82) is 0 Å². The molecule has 7 heteroatoms. The van der Waals surface area contributed by atoms with Gasteiger partial charge in [0.05, 0.1) is 0 Å². The molecule has 0 aliphatic carbocycles. The SMILES string of the molecule is Cc1ccccc1/C=N/S(=O)(=O)C(F)(F)F. The molecule has 0 saturated heterocycles. The lowest BCUT2D eigenvalue weighted by Crippen LogP contribution is -2.20. The van der Waals surface area contributed by atoms with E-state index in [1.165, 1.54) is 6.07 Å². The van der Waals surface area contributed by atoms with E-state index in [1.807, 2.05) is 0 Å². The molecule has 0 radical (unpaired) electrons. The van der Waals surface area contributed by atoms with E-state index in [4.69, 9.17) is 0 Å². The topological polar surface area (TPSA) is 46.5 Å². The summed E-state index contributed by atoms with van der Waals surface area (Å²) in [6.07, 6.45) is 0.693. The molecule has 3 nitrogen and oxygen atoms in total. The number of aryl methyl sites for hydroxylation is 1. The first-order chi connectivity index (χ1) is 7.24. The van der Waals surface area contributed by atoms with Gasteiger partial charge in [0, 0.05) is 6.21 Å². The molecular formula is C9H8F3NO2S. The van der Waals surface area contributed by atoms with E-state index in [2.05, 4.69) is 4.40 Å². The smallest absolute Gasteiger partial charge is 0.195 e. The van der Waals surface area contributed by atoms with E-state index in [9.17, 15) is 21.6 Å². The van der Waals surface area contributed by atoms with Crippen LogP contribution >= 0.6 is 0 Å². The third kappa shape index (κ3) is 2.82. The standard InChI is InChI=1S/C9H8F3NO2S/c1-7-4-2-3-5-8(7)6-13-16(14,15)9(10,11)12/h2-6H,1H3/b13-6+. The molecule has 0 atom stereocenters. The van der Waals surface area contributed by atoms with E-state index in [1.54, 1.807) is 25.1 Å². The first kappa shape index (κ1) is 12.7. The zero-order chi connectivity index (χ0) is 12.4. The van der Waals surface area contributed by atoms with E-state index < -0.39 is 15.5 Å². The summed E-state index contributed by atoms with van der Waals surface area (Å²) in [6, 6.07) is 6.38. The molecule has 0 spiro atoms. The summed E-state index contributed by atoms with van der Waals surface area (Å²) in [6.45, 7) is 1.64. The van der Waals surface area contributed by atoms with E-state index in [-0.39, 0.29) is 0 Å². The van der Waals surface area contributed by atoms with Gasteiger partial charge in [-0.3, -0.25) is 0 Å². The van der Waals surface area contributed by atoms with Gasteiger partial charge >= 0.3 is 15.5 Å². The monoisotopic (exact) mass is 251 g/mol. The fourth-order valence-electron chi connectivity index (χ4n) is 0.918. The van der Waals surface area contributed by atoms with Crippen LogP contribution in [0.5, 0.6) is 0 Å². The van der Waals surface area contributed by atoms with Crippen LogP contribution in [-0.4, -0.2) is 20.1 Å². The van der Waals surface area contributed by atoms with Crippen molar-refractivity contribution < 1.29 is 21.6 Å². The van der Waals surface area contributed by atoms with Gasteiger partial charge in [0.2, 0.25) is 0 Å². The Labute approximate surface area is 90.7 Å². The third-order valence-electron chi connectivity index (χ3n) is 1.81. The van der Waals surface area contributed by atoms with Crippen molar-refractivity contribution in [3.05, 3.63) is 35.4 Å². The zero-order valence-corrected chi connectivity index (χ0v) is 9.01. The van der Waals surface area contributed by atoms with Crippen molar-refractivity contribution in [2.45, 2.75) is 12.4 Å². The molecule has 0 aromatic heterocycles. The van der Waals surface area contributed by atoms with Gasteiger partial charge in [-0.05, 0) is 18.1 Å². The molecule has 0 N–H and O–H groups in total. The first-order valence-corrected chi connectivity index (χ1v) is 5.60. The van der Waals surface area contributed by atoms with Gasteiger partial charge in [-0.25, -0.2) is 0 Å². The predicted molar refractivity (Wildman–Crippen MR) is 53.7 cm³/mol. The second-order valence-electron chi connectivity index (χ2n) is 3.01. The Kier molecular flexibility index (Phi) is 3.37. The van der Waals surface area contributed by atoms with Crippen molar-refractivity contribution in [3.63, 3.8) is 0 Å². The van der Waals surface area contributed by atoms with Crippen molar-refractivity contribution in [2.75, 3.05) is 0 Å². The molecule has 0 aliphatic heterocycles. The largest absolute Gasteiger partial charge is 0.518 e. The second kappa shape index (κ2) is 4.25. The molecule has 0 aliphatic rings. The van der Waals surface area contributed by atoms with Crippen molar-refractivity contribution >= 4 is 16.2 Å². The Balaban J connectivity index is 3.04. The van der Waals surface area contributed by atoms with Crippen LogP contribution in [0.4, 0.5) is 13.2 Å². The maximum absolute atomic E-state index is 11.9. The van der Waals surface area contributed by atoms with Crippen LogP contribution in [-0.2, 0) is 10.0 Å². The molecule has 0 saturated carbocycles. The molecule has 1 aromatic rings. The molecule has 0 amide bonds. The van der Waals surface area contributed by atoms with Crippen LogP contribution in [0.2, 0.25) is 0 Å². The predicted octanol–water partition coefficient (Wildman–Crippen LogP) is 2.26. The summed E-state index contributed by atoms with van der Waals surface area (Å²) in [5.41, 5.74) is -4.38. The average molecular weight is 251 g/mol. The minimum absolute atomic E-state index is 0.329. The van der Waals surface area contributed by atoms with Crippen molar-refractivity contribution in [1.82, 2.24) is 0 Å². The van der Waals surface area contributed by atoms with Gasteiger partial charge in [-0.1, -0.05) is 24.3 Å². The van der Waals surface area contributed by atoms with Gasteiger partial charge in [0.1, 0.15) is 0 Å². The van der Waals surface area contributed by atoms with Crippen molar-refractivity contribution in [2.24, 2.45) is 4.40 Å². The van der Waals surface area contributed by atoms with Crippen molar-refractivity contribution in [3.8, 4) is 0 Å². The maximum atomic E-state index is 11.9. The lowest BCUT2D eigenvalue weighted by molar-refractivity contribution is -0.0435. The van der Waals surface area contributed by atoms with Gasteiger partial charge in [0.25, 0.3) is 0 Å². The minimum atomic E-state index is -5.44. The molecule has 0 unspecified atom stereocenters. The molecule has 88 valence electrons. The highest BCUT2D eigenvalue weighted by molar-refractivity contribution is 7.91. The normalized spacial score (nSPS) is 13.2. The first-order valence-electron chi connectivity index (χ1n) is 4.16. The quantitative estimate of drug-likeness (QED) is 0.757. The van der Waals surface area contributed by atoms with Crippen LogP contribution in [0, 0.1) is 6.92 Å². The minimum Gasteiger partial charge on any atom is -0.195 e. The molecule has 16 heavy (non-hydrogen) atoms. The number of alkyl halides is 3. The van der Waals surface area contributed by atoms with Crippen LogP contribution in [0.3, 0.4) is 0 Å². The number of rotatable bonds is 2. The van der Waals surface area contributed by atoms with Gasteiger partial charge in [-0.2, -0.15) is 26.0 Å². The number of hydrogen-bond acceptors (Lipinski definition) is 2. The number of benzene rings is 1. The van der Waals surface area contributed by atoms with Gasteiger partial charge in [0.15, 0.2) is 0 Å². The number of nitrogens with zero attached hydrogens (tertiary/aromatic N) is 1. The third-order valence-corrected chi connectivity index (χ3v) is 2.78. The maximum Gasteiger partial charge on any atom is 0.518 e. The Morgan fingerprint density at radius 3 is 2.31 bits per heavy atom. The molecule has 0 bridgehead atoms. The van der Waals surface area contributed by atoms with E-state index >= 15 is 0 Å². The number of hydrogen-bond donors (Lipinski definition) is 0. The fourth-order valence-corrected chi connectivity index (χ4v) is 1.29. The summed E-state index contributed by atoms with van der Waals surface area (Å²) in [7, 11) is -5.44. The number of halogens is 3. The van der Waals surface area contributed by atoms with Crippen LogP contribution in [0.1, 0.15) is 11.1 Å². The van der Waals surface area contributed by atoms with Crippen LogP contribution in [0.25, 0.3) is 0 Å². The zero-order valence-electron chi connectivity index (χ0n) is 8.19. The highest BCUT2D eigenvalue weighted by Gasteiger charge is 2.45. The second-order valence-corrected chi connectivity index (χ2v) is 4.64. The molecule has 1 aromatic carbocycles. The lowest BCUT2D eigenvalue weighted by Gasteiger charge is -2.02. The highest BCUT2D eigenvalue weighted by Crippen LogP contribution is 2.24. The van der Waals surface area contributed by atoms with E-state index in [0.29, 0.717) is 17.3 Å². The summed E-state index contributed by atoms with van der Waals surface area (Å²) in [5.74, 6) is 0. The lowest BCUT2D eigenvalue weighted by atomic mass is 10.1. The summed E-state index contributed by atoms with van der Waals surface area (Å²) < 4.78 is 59.6. The molecule has 0 fully saturated rings. The van der Waals surface area contributed by atoms with Gasteiger partial charge in [-0.15, -0.1) is 0 Å². The summed E-state index contributed by atoms with van der Waals surface area (Å²) in [4.78, 5) is 0. The average Bonchev–Trinajstić information content (AvgIpc) is 2.15. The molecule has 0 heterocycles. The fraction of sp³-hybridized carbons (Fsp3) is 0.222. The summed E-state index contributed by atoms with van der Waals surface area (Å²) in [5, 5.41) is 0. The Morgan fingerprint density at radius 1 is 1.25 bits per heavy atom. The summed E-state index contributed by atoms with van der Waals surface area (Å²) >= 11 is 0. The van der Waals surface area contributed by atoms with E-state index in [0.717, 1.165) is 0 Å². The Morgan fingerprint density at radius 2 is 1.81 bits per heavy atom. The Hall–Kier alpha value is -1.37.